The smallest absolute Gasteiger partial charge is 0.327 e. The molecule has 2 heterocycles. The number of benzene rings is 1. The molecule has 2 aliphatic rings. The van der Waals surface area contributed by atoms with Crippen molar-refractivity contribution in [2.45, 2.75) is 6.04 Å². The van der Waals surface area contributed by atoms with Crippen LogP contribution in [0.1, 0.15) is 10.4 Å². The molecule has 0 spiro atoms. The molecule has 3 rings (SSSR count). The van der Waals surface area contributed by atoms with E-state index >= 15 is 0 Å². The van der Waals surface area contributed by atoms with Gasteiger partial charge in [0.2, 0.25) is 0 Å². The number of hydrogen-bond acceptors (Lipinski definition) is 4. The minimum atomic E-state index is -0.626. The van der Waals surface area contributed by atoms with E-state index in [-0.39, 0.29) is 30.0 Å². The summed E-state index contributed by atoms with van der Waals surface area (Å²) in [6, 6.07) is 4.03. The number of carbonyl (C=O) groups is 3. The van der Waals surface area contributed by atoms with Crippen molar-refractivity contribution in [3.63, 3.8) is 0 Å². The zero-order valence-corrected chi connectivity index (χ0v) is 13.5. The SMILES string of the molecule is COc1cccc(Cl)c1C(=O)N1CCN2C(=O)N(C)C(=O)C2C1. The number of fused-ring (bicyclic) bond motifs is 1. The van der Waals surface area contributed by atoms with E-state index < -0.39 is 6.04 Å². The summed E-state index contributed by atoms with van der Waals surface area (Å²) in [5, 5.41) is 0.294. The van der Waals surface area contributed by atoms with Gasteiger partial charge in [0.1, 0.15) is 17.4 Å². The molecule has 0 N–H and O–H groups in total. The van der Waals surface area contributed by atoms with Gasteiger partial charge < -0.3 is 14.5 Å². The Morgan fingerprint density at radius 3 is 2.74 bits per heavy atom. The Labute approximate surface area is 138 Å². The van der Waals surface area contributed by atoms with Crippen LogP contribution in [0.2, 0.25) is 5.02 Å². The number of imide groups is 1. The van der Waals surface area contributed by atoms with Crippen molar-refractivity contribution in [2.24, 2.45) is 0 Å². The minimum Gasteiger partial charge on any atom is -0.496 e. The van der Waals surface area contributed by atoms with E-state index in [4.69, 9.17) is 16.3 Å². The average Bonchev–Trinajstić information content (AvgIpc) is 2.78. The molecular formula is C15H16ClN3O4. The third-order valence-electron chi connectivity index (χ3n) is 4.23. The summed E-state index contributed by atoms with van der Waals surface area (Å²) in [5.41, 5.74) is 0.273. The first-order valence-corrected chi connectivity index (χ1v) is 7.53. The van der Waals surface area contributed by atoms with Gasteiger partial charge in [-0.25, -0.2) is 4.79 Å². The number of ether oxygens (including phenoxy) is 1. The number of amides is 4. The van der Waals surface area contributed by atoms with E-state index in [2.05, 4.69) is 0 Å². The van der Waals surface area contributed by atoms with E-state index in [0.717, 1.165) is 4.90 Å². The van der Waals surface area contributed by atoms with Crippen molar-refractivity contribution >= 4 is 29.4 Å². The molecular weight excluding hydrogens is 322 g/mol. The van der Waals surface area contributed by atoms with Crippen molar-refractivity contribution in [2.75, 3.05) is 33.8 Å². The van der Waals surface area contributed by atoms with Crippen molar-refractivity contribution in [3.8, 4) is 5.75 Å². The molecule has 0 radical (unpaired) electrons. The number of hydrogen-bond donors (Lipinski definition) is 0. The maximum Gasteiger partial charge on any atom is 0.327 e. The van der Waals surface area contributed by atoms with Crippen molar-refractivity contribution in [3.05, 3.63) is 28.8 Å². The van der Waals surface area contributed by atoms with Crippen molar-refractivity contribution in [1.29, 1.82) is 0 Å². The second-order valence-electron chi connectivity index (χ2n) is 5.46. The molecule has 122 valence electrons. The van der Waals surface area contributed by atoms with Gasteiger partial charge >= 0.3 is 6.03 Å². The minimum absolute atomic E-state index is 0.155. The molecule has 23 heavy (non-hydrogen) atoms. The van der Waals surface area contributed by atoms with Crippen LogP contribution >= 0.6 is 11.6 Å². The van der Waals surface area contributed by atoms with Crippen molar-refractivity contribution < 1.29 is 19.1 Å². The Balaban J connectivity index is 1.86. The molecule has 0 aromatic heterocycles. The fraction of sp³-hybridized carbons (Fsp3) is 0.400. The van der Waals surface area contributed by atoms with Crippen LogP contribution in [0.15, 0.2) is 18.2 Å². The molecule has 0 bridgehead atoms. The number of rotatable bonds is 2. The molecule has 1 aromatic rings. The number of halogens is 1. The highest BCUT2D eigenvalue weighted by molar-refractivity contribution is 6.34. The molecule has 4 amide bonds. The lowest BCUT2D eigenvalue weighted by atomic mass is 10.1. The summed E-state index contributed by atoms with van der Waals surface area (Å²) in [6.07, 6.45) is 0. The second kappa shape index (κ2) is 5.73. The summed E-state index contributed by atoms with van der Waals surface area (Å²) >= 11 is 6.14. The first kappa shape index (κ1) is 15.6. The Bertz CT molecular complexity index is 693. The maximum absolute atomic E-state index is 12.8. The third kappa shape index (κ3) is 2.41. The summed E-state index contributed by atoms with van der Waals surface area (Å²) in [7, 11) is 2.92. The van der Waals surface area contributed by atoms with Gasteiger partial charge in [-0.15, -0.1) is 0 Å². The predicted octanol–water partition coefficient (Wildman–Crippen LogP) is 1.07. The third-order valence-corrected chi connectivity index (χ3v) is 4.54. The quantitative estimate of drug-likeness (QED) is 0.757. The Hall–Kier alpha value is -2.28. The van der Waals surface area contributed by atoms with E-state index in [1.807, 2.05) is 0 Å². The molecule has 2 saturated heterocycles. The molecule has 0 saturated carbocycles. The molecule has 7 nitrogen and oxygen atoms in total. The van der Waals surface area contributed by atoms with Crippen LogP contribution in [0.5, 0.6) is 5.75 Å². The highest BCUT2D eigenvalue weighted by Gasteiger charge is 2.47. The van der Waals surface area contributed by atoms with Crippen LogP contribution < -0.4 is 4.74 Å². The molecule has 2 aliphatic heterocycles. The van der Waals surface area contributed by atoms with Crippen LogP contribution in [0.25, 0.3) is 0 Å². The molecule has 1 atom stereocenters. The van der Waals surface area contributed by atoms with Gasteiger partial charge in [-0.1, -0.05) is 17.7 Å². The molecule has 0 aliphatic carbocycles. The van der Waals surface area contributed by atoms with Gasteiger partial charge in [-0.3, -0.25) is 14.5 Å². The average molecular weight is 338 g/mol. The number of methoxy groups -OCH3 is 1. The lowest BCUT2D eigenvalue weighted by Crippen LogP contribution is -2.54. The molecule has 1 aromatic carbocycles. The monoisotopic (exact) mass is 337 g/mol. The van der Waals surface area contributed by atoms with Gasteiger partial charge in [0.15, 0.2) is 0 Å². The van der Waals surface area contributed by atoms with Gasteiger partial charge in [-0.05, 0) is 12.1 Å². The van der Waals surface area contributed by atoms with E-state index in [9.17, 15) is 14.4 Å². The van der Waals surface area contributed by atoms with E-state index in [1.165, 1.54) is 24.0 Å². The second-order valence-corrected chi connectivity index (χ2v) is 5.86. The van der Waals surface area contributed by atoms with Crippen LogP contribution in [0.3, 0.4) is 0 Å². The molecule has 1 unspecified atom stereocenters. The van der Waals surface area contributed by atoms with Gasteiger partial charge in [0.25, 0.3) is 11.8 Å². The zero-order chi connectivity index (χ0) is 16.7. The predicted molar refractivity (Wildman–Crippen MR) is 82.6 cm³/mol. The Morgan fingerprint density at radius 1 is 1.30 bits per heavy atom. The highest BCUT2D eigenvalue weighted by Crippen LogP contribution is 2.29. The lowest BCUT2D eigenvalue weighted by Gasteiger charge is -2.35. The van der Waals surface area contributed by atoms with Gasteiger partial charge in [0.05, 0.1) is 18.7 Å². The van der Waals surface area contributed by atoms with Crippen LogP contribution in [-0.4, -0.2) is 72.4 Å². The number of nitrogens with zero attached hydrogens (tertiary/aromatic N) is 3. The van der Waals surface area contributed by atoms with Gasteiger partial charge in [0, 0.05) is 20.1 Å². The van der Waals surface area contributed by atoms with Crippen LogP contribution in [0, 0.1) is 0 Å². The van der Waals surface area contributed by atoms with Gasteiger partial charge in [-0.2, -0.15) is 0 Å². The Kier molecular flexibility index (Phi) is 3.89. The zero-order valence-electron chi connectivity index (χ0n) is 12.8. The normalized spacial score (nSPS) is 20.8. The number of carbonyl (C=O) groups excluding carboxylic acids is 3. The number of piperazine rings is 1. The van der Waals surface area contributed by atoms with E-state index in [1.54, 1.807) is 18.2 Å². The highest BCUT2D eigenvalue weighted by atomic mass is 35.5. The fourth-order valence-electron chi connectivity index (χ4n) is 2.96. The first-order chi connectivity index (χ1) is 11.0. The van der Waals surface area contributed by atoms with Crippen molar-refractivity contribution in [1.82, 2.24) is 14.7 Å². The molecule has 2 fully saturated rings. The summed E-state index contributed by atoms with van der Waals surface area (Å²) < 4.78 is 5.21. The summed E-state index contributed by atoms with van der Waals surface area (Å²) in [4.78, 5) is 41.0. The summed E-state index contributed by atoms with van der Waals surface area (Å²) in [6.45, 7) is 0.816. The largest absolute Gasteiger partial charge is 0.496 e. The van der Waals surface area contributed by atoms with Crippen LogP contribution in [-0.2, 0) is 4.79 Å². The fourth-order valence-corrected chi connectivity index (χ4v) is 3.20. The first-order valence-electron chi connectivity index (χ1n) is 7.15. The maximum atomic E-state index is 12.8. The topological polar surface area (TPSA) is 70.2 Å². The standard InChI is InChI=1S/C15H16ClN3O4/c1-17-13(20)10-8-18(6-7-19(10)15(17)22)14(21)12-9(16)4-3-5-11(12)23-2/h3-5,10H,6-8H2,1-2H3. The lowest BCUT2D eigenvalue weighted by molar-refractivity contribution is -0.128. The molecule has 8 heteroatoms. The number of likely N-dealkylation sites (N-methyl/N-ethyl adjacent to an activating group) is 1. The van der Waals surface area contributed by atoms with Crippen LogP contribution in [0.4, 0.5) is 4.79 Å². The summed E-state index contributed by atoms with van der Waals surface area (Å²) in [5.74, 6) is -0.212. The van der Waals surface area contributed by atoms with E-state index in [0.29, 0.717) is 23.9 Å². The Morgan fingerprint density at radius 2 is 2.04 bits per heavy atom. The number of urea groups is 1.